The van der Waals surface area contributed by atoms with Crippen molar-refractivity contribution in [2.24, 2.45) is 0 Å². The first kappa shape index (κ1) is 16.8. The zero-order valence-corrected chi connectivity index (χ0v) is 16.8. The minimum Gasteiger partial charge on any atom is -0.456 e. The summed E-state index contributed by atoms with van der Waals surface area (Å²) in [5, 5.41) is 2.60. The van der Waals surface area contributed by atoms with Crippen LogP contribution >= 0.6 is 11.6 Å². The van der Waals surface area contributed by atoms with Crippen LogP contribution in [-0.2, 0) is 5.41 Å². The molecule has 3 nitrogen and oxygen atoms in total. The van der Waals surface area contributed by atoms with Gasteiger partial charge >= 0.3 is 0 Å². The quantitative estimate of drug-likeness (QED) is 0.306. The van der Waals surface area contributed by atoms with Gasteiger partial charge in [0.1, 0.15) is 16.9 Å². The number of hydrogen-bond acceptors (Lipinski definition) is 3. The van der Waals surface area contributed by atoms with Crippen molar-refractivity contribution in [1.82, 2.24) is 9.97 Å². The van der Waals surface area contributed by atoms with Crippen LogP contribution in [-0.4, -0.2) is 9.97 Å². The Morgan fingerprint density at radius 1 is 0.793 bits per heavy atom. The molecule has 0 atom stereocenters. The largest absolute Gasteiger partial charge is 0.456 e. The Bertz CT molecular complexity index is 1450. The fraction of sp³-hybridized carbons (Fsp3) is 0.120. The summed E-state index contributed by atoms with van der Waals surface area (Å²) in [4.78, 5) is 9.78. The highest BCUT2D eigenvalue weighted by Gasteiger charge is 2.38. The van der Waals surface area contributed by atoms with Crippen molar-refractivity contribution in [3.05, 3.63) is 83.1 Å². The number of hydrogen-bond donors (Lipinski definition) is 0. The Kier molecular flexibility index (Phi) is 3.28. The molecule has 0 saturated heterocycles. The Morgan fingerprint density at radius 3 is 2.45 bits per heavy atom. The number of rotatable bonds is 1. The van der Waals surface area contributed by atoms with E-state index < -0.39 is 0 Å². The molecule has 0 fully saturated rings. The predicted octanol–water partition coefficient (Wildman–Crippen LogP) is 7.00. The van der Waals surface area contributed by atoms with Crippen molar-refractivity contribution >= 4 is 33.5 Å². The lowest BCUT2D eigenvalue weighted by Gasteiger charge is -2.20. The summed E-state index contributed by atoms with van der Waals surface area (Å²) in [7, 11) is 0. The average molecular weight is 397 g/mol. The SMILES string of the molecule is CC1(C)c2ccccc2-c2nc(Cl)c(-c3ccc4c(c3)oc3ccccc34)nc21. The van der Waals surface area contributed by atoms with Crippen molar-refractivity contribution in [1.29, 1.82) is 0 Å². The van der Waals surface area contributed by atoms with Gasteiger partial charge in [0.15, 0.2) is 5.15 Å². The maximum atomic E-state index is 6.63. The van der Waals surface area contributed by atoms with E-state index in [2.05, 4.69) is 44.2 Å². The standard InChI is InChI=1S/C25H17ClN2O/c1-25(2)18-9-5-3-8-17(18)22-23(25)27-21(24(26)28-22)14-11-12-16-15-7-4-6-10-19(15)29-20(16)13-14/h3-13H,1-2H3. The highest BCUT2D eigenvalue weighted by Crippen LogP contribution is 2.48. The van der Waals surface area contributed by atoms with E-state index in [4.69, 9.17) is 26.0 Å². The number of aromatic nitrogens is 2. The van der Waals surface area contributed by atoms with Crippen LogP contribution in [0.2, 0.25) is 5.15 Å². The van der Waals surface area contributed by atoms with Crippen LogP contribution in [0.5, 0.6) is 0 Å². The van der Waals surface area contributed by atoms with Gasteiger partial charge in [0.05, 0.1) is 11.4 Å². The van der Waals surface area contributed by atoms with E-state index >= 15 is 0 Å². The number of fused-ring (bicyclic) bond motifs is 6. The summed E-state index contributed by atoms with van der Waals surface area (Å²) in [6.45, 7) is 4.37. The van der Waals surface area contributed by atoms with Crippen LogP contribution in [0.1, 0.15) is 25.1 Å². The van der Waals surface area contributed by atoms with Crippen LogP contribution in [0.15, 0.2) is 71.1 Å². The lowest BCUT2D eigenvalue weighted by atomic mass is 9.85. The molecule has 140 valence electrons. The predicted molar refractivity (Wildman–Crippen MR) is 117 cm³/mol. The zero-order chi connectivity index (χ0) is 19.8. The molecule has 0 N–H and O–H groups in total. The van der Waals surface area contributed by atoms with E-state index in [1.807, 2.05) is 36.4 Å². The number of para-hydroxylation sites is 1. The lowest BCUT2D eigenvalue weighted by molar-refractivity contribution is 0.635. The third-order valence-corrected chi connectivity index (χ3v) is 6.22. The molecule has 2 aromatic heterocycles. The molecular formula is C25H17ClN2O. The fourth-order valence-corrected chi connectivity index (χ4v) is 4.69. The molecule has 2 heterocycles. The van der Waals surface area contributed by atoms with Gasteiger partial charge < -0.3 is 4.42 Å². The third-order valence-electron chi connectivity index (χ3n) is 5.95. The van der Waals surface area contributed by atoms with Crippen molar-refractivity contribution in [2.75, 3.05) is 0 Å². The summed E-state index contributed by atoms with van der Waals surface area (Å²) in [6, 6.07) is 22.5. The first-order chi connectivity index (χ1) is 14.0. The second kappa shape index (κ2) is 5.68. The van der Waals surface area contributed by atoms with Crippen LogP contribution in [0.25, 0.3) is 44.5 Å². The Morgan fingerprint density at radius 2 is 1.55 bits per heavy atom. The minimum absolute atomic E-state index is 0.221. The first-order valence-corrected chi connectivity index (χ1v) is 10.0. The van der Waals surface area contributed by atoms with Gasteiger partial charge in [-0.05, 0) is 23.8 Å². The maximum absolute atomic E-state index is 6.63. The molecule has 3 aromatic carbocycles. The number of nitrogens with zero attached hydrogens (tertiary/aromatic N) is 2. The Labute approximate surface area is 173 Å². The van der Waals surface area contributed by atoms with E-state index in [0.717, 1.165) is 44.5 Å². The molecule has 5 aromatic rings. The molecule has 0 amide bonds. The first-order valence-electron chi connectivity index (χ1n) is 9.63. The van der Waals surface area contributed by atoms with Crippen LogP contribution < -0.4 is 0 Å². The van der Waals surface area contributed by atoms with Gasteiger partial charge in [0.25, 0.3) is 0 Å². The minimum atomic E-state index is -0.221. The molecule has 6 rings (SSSR count). The van der Waals surface area contributed by atoms with E-state index in [-0.39, 0.29) is 5.41 Å². The topological polar surface area (TPSA) is 38.9 Å². The third kappa shape index (κ3) is 2.25. The smallest absolute Gasteiger partial charge is 0.156 e. The molecule has 29 heavy (non-hydrogen) atoms. The Hall–Kier alpha value is -3.17. The Balaban J connectivity index is 1.57. The molecule has 0 bridgehead atoms. The number of halogens is 1. The van der Waals surface area contributed by atoms with Crippen molar-refractivity contribution < 1.29 is 4.42 Å². The fourth-order valence-electron chi connectivity index (χ4n) is 4.46. The lowest BCUT2D eigenvalue weighted by Crippen LogP contribution is -2.17. The van der Waals surface area contributed by atoms with E-state index in [1.165, 1.54) is 5.56 Å². The molecule has 0 radical (unpaired) electrons. The van der Waals surface area contributed by atoms with E-state index in [9.17, 15) is 0 Å². The number of benzene rings is 3. The average Bonchev–Trinajstić information content (AvgIpc) is 3.20. The summed E-state index contributed by atoms with van der Waals surface area (Å²) < 4.78 is 6.05. The highest BCUT2D eigenvalue weighted by atomic mass is 35.5. The molecule has 1 aliphatic rings. The van der Waals surface area contributed by atoms with Crippen molar-refractivity contribution in [3.63, 3.8) is 0 Å². The summed E-state index contributed by atoms with van der Waals surface area (Å²) in [6.07, 6.45) is 0. The van der Waals surface area contributed by atoms with E-state index in [0.29, 0.717) is 10.8 Å². The summed E-state index contributed by atoms with van der Waals surface area (Å²) in [5.74, 6) is 0. The van der Waals surface area contributed by atoms with Crippen LogP contribution in [0.4, 0.5) is 0 Å². The van der Waals surface area contributed by atoms with E-state index in [1.54, 1.807) is 0 Å². The van der Waals surface area contributed by atoms with Gasteiger partial charge in [-0.25, -0.2) is 9.97 Å². The van der Waals surface area contributed by atoms with Gasteiger partial charge in [0, 0.05) is 27.3 Å². The molecular weight excluding hydrogens is 380 g/mol. The molecule has 0 saturated carbocycles. The molecule has 0 aliphatic heterocycles. The molecule has 0 spiro atoms. The zero-order valence-electron chi connectivity index (χ0n) is 16.0. The monoisotopic (exact) mass is 396 g/mol. The van der Waals surface area contributed by atoms with Crippen LogP contribution in [0.3, 0.4) is 0 Å². The highest BCUT2D eigenvalue weighted by molar-refractivity contribution is 6.32. The van der Waals surface area contributed by atoms with Crippen LogP contribution in [0, 0.1) is 0 Å². The van der Waals surface area contributed by atoms with Crippen molar-refractivity contribution in [3.8, 4) is 22.5 Å². The van der Waals surface area contributed by atoms with Gasteiger partial charge in [-0.3, -0.25) is 0 Å². The summed E-state index contributed by atoms with van der Waals surface area (Å²) >= 11 is 6.63. The molecule has 0 unspecified atom stereocenters. The second-order valence-corrected chi connectivity index (χ2v) is 8.40. The second-order valence-electron chi connectivity index (χ2n) is 8.04. The van der Waals surface area contributed by atoms with Gasteiger partial charge in [-0.1, -0.05) is 74.0 Å². The van der Waals surface area contributed by atoms with Crippen molar-refractivity contribution in [2.45, 2.75) is 19.3 Å². The summed E-state index contributed by atoms with van der Waals surface area (Å²) in [5.41, 5.74) is 7.26. The molecule has 1 aliphatic carbocycles. The maximum Gasteiger partial charge on any atom is 0.156 e. The normalized spacial score (nSPS) is 14.3. The van der Waals surface area contributed by atoms with Gasteiger partial charge in [-0.2, -0.15) is 0 Å². The van der Waals surface area contributed by atoms with Gasteiger partial charge in [0.2, 0.25) is 0 Å². The molecule has 4 heteroatoms. The number of furan rings is 1. The van der Waals surface area contributed by atoms with Gasteiger partial charge in [-0.15, -0.1) is 0 Å².